The number of ether oxygens (including phenoxy) is 1. The van der Waals surface area contributed by atoms with Crippen LogP contribution in [-0.2, 0) is 0 Å². The summed E-state index contributed by atoms with van der Waals surface area (Å²) in [5.74, 6) is 0.876. The molecule has 18 heavy (non-hydrogen) atoms. The molecule has 0 fully saturated rings. The zero-order valence-corrected chi connectivity index (χ0v) is 12.0. The normalized spacial score (nSPS) is 10.7. The third kappa shape index (κ3) is 2.82. The van der Waals surface area contributed by atoms with Crippen molar-refractivity contribution in [2.75, 3.05) is 12.4 Å². The second-order valence-corrected chi connectivity index (χ2v) is 5.46. The summed E-state index contributed by atoms with van der Waals surface area (Å²) in [4.78, 5) is 5.75. The summed E-state index contributed by atoms with van der Waals surface area (Å²) < 4.78 is 5.17. The molecule has 1 aromatic heterocycles. The minimum atomic E-state index is 0.402. The van der Waals surface area contributed by atoms with Crippen LogP contribution in [0.25, 0.3) is 10.4 Å². The molecule has 2 aromatic rings. The van der Waals surface area contributed by atoms with E-state index in [9.17, 15) is 0 Å². The van der Waals surface area contributed by atoms with Gasteiger partial charge in [0, 0.05) is 6.04 Å². The Balaban J connectivity index is 2.29. The van der Waals surface area contributed by atoms with E-state index in [1.54, 1.807) is 18.4 Å². The number of benzene rings is 1. The van der Waals surface area contributed by atoms with Crippen LogP contribution in [0.15, 0.2) is 24.3 Å². The predicted octanol–water partition coefficient (Wildman–Crippen LogP) is 3.95. The average molecular weight is 262 g/mol. The molecule has 0 aliphatic heterocycles. The molecule has 1 aromatic carbocycles. The van der Waals surface area contributed by atoms with Crippen molar-refractivity contribution in [2.24, 2.45) is 0 Å². The highest BCUT2D eigenvalue weighted by Gasteiger charge is 2.10. The molecule has 2 rings (SSSR count). The Kier molecular flexibility index (Phi) is 3.87. The summed E-state index contributed by atoms with van der Waals surface area (Å²) in [6, 6.07) is 8.49. The van der Waals surface area contributed by atoms with Gasteiger partial charge in [0.1, 0.15) is 5.75 Å². The lowest BCUT2D eigenvalue weighted by molar-refractivity contribution is 0.415. The van der Waals surface area contributed by atoms with Gasteiger partial charge in [0.25, 0.3) is 0 Å². The topological polar surface area (TPSA) is 34.1 Å². The number of methoxy groups -OCH3 is 1. The first kappa shape index (κ1) is 12.9. The summed E-state index contributed by atoms with van der Waals surface area (Å²) in [6.07, 6.45) is 0. The van der Waals surface area contributed by atoms with Crippen LogP contribution in [0.5, 0.6) is 5.75 Å². The predicted molar refractivity (Wildman–Crippen MR) is 77.6 cm³/mol. The summed E-state index contributed by atoms with van der Waals surface area (Å²) in [5, 5.41) is 4.32. The van der Waals surface area contributed by atoms with Gasteiger partial charge in [-0.05, 0) is 50.6 Å². The number of hydrogen-bond acceptors (Lipinski definition) is 4. The Morgan fingerprint density at radius 3 is 2.44 bits per heavy atom. The maximum Gasteiger partial charge on any atom is 0.183 e. The molecule has 0 aliphatic rings. The fraction of sp³-hybridized carbons (Fsp3) is 0.357. The number of aromatic nitrogens is 1. The molecular weight excluding hydrogens is 244 g/mol. The number of aryl methyl sites for hydroxylation is 1. The number of hydrogen-bond donors (Lipinski definition) is 1. The van der Waals surface area contributed by atoms with Crippen LogP contribution in [-0.4, -0.2) is 18.1 Å². The third-order valence-corrected chi connectivity index (χ3v) is 3.70. The molecule has 0 bridgehead atoms. The van der Waals surface area contributed by atoms with Crippen molar-refractivity contribution in [3.8, 4) is 16.2 Å². The van der Waals surface area contributed by atoms with Gasteiger partial charge >= 0.3 is 0 Å². The largest absolute Gasteiger partial charge is 0.497 e. The molecule has 1 N–H and O–H groups in total. The molecule has 0 unspecified atom stereocenters. The summed E-state index contributed by atoms with van der Waals surface area (Å²) >= 11 is 1.69. The van der Waals surface area contributed by atoms with Gasteiger partial charge in [-0.15, -0.1) is 0 Å². The minimum Gasteiger partial charge on any atom is -0.497 e. The number of thiazole rings is 1. The molecular formula is C14H18N2OS. The molecule has 0 spiro atoms. The zero-order valence-electron chi connectivity index (χ0n) is 11.2. The van der Waals surface area contributed by atoms with E-state index in [0.717, 1.165) is 16.6 Å². The van der Waals surface area contributed by atoms with Crippen LogP contribution in [0.3, 0.4) is 0 Å². The fourth-order valence-electron chi connectivity index (χ4n) is 1.72. The van der Waals surface area contributed by atoms with E-state index in [4.69, 9.17) is 4.74 Å². The molecule has 96 valence electrons. The second-order valence-electron chi connectivity index (χ2n) is 4.46. The van der Waals surface area contributed by atoms with Gasteiger partial charge in [-0.1, -0.05) is 11.3 Å². The van der Waals surface area contributed by atoms with E-state index in [1.165, 1.54) is 10.4 Å². The fourth-order valence-corrected chi connectivity index (χ4v) is 2.83. The Hall–Kier alpha value is -1.55. The molecule has 4 heteroatoms. The van der Waals surface area contributed by atoms with Gasteiger partial charge in [-0.3, -0.25) is 0 Å². The smallest absolute Gasteiger partial charge is 0.183 e. The Morgan fingerprint density at radius 2 is 1.89 bits per heavy atom. The third-order valence-electron chi connectivity index (χ3n) is 2.56. The number of rotatable bonds is 4. The standard InChI is InChI=1S/C14H18N2OS/c1-9(2)15-14-16-10(3)13(18-14)11-5-7-12(17-4)8-6-11/h5-9H,1-4H3,(H,15,16). The Morgan fingerprint density at radius 1 is 1.22 bits per heavy atom. The van der Waals surface area contributed by atoms with Crippen molar-refractivity contribution in [1.29, 1.82) is 0 Å². The van der Waals surface area contributed by atoms with Gasteiger partial charge in [0.15, 0.2) is 5.13 Å². The van der Waals surface area contributed by atoms with Crippen molar-refractivity contribution in [2.45, 2.75) is 26.8 Å². The number of nitrogens with one attached hydrogen (secondary N) is 1. The summed E-state index contributed by atoms with van der Waals surface area (Å²) in [6.45, 7) is 6.27. The van der Waals surface area contributed by atoms with E-state index in [2.05, 4.69) is 36.3 Å². The Labute approximate surface area is 112 Å². The van der Waals surface area contributed by atoms with E-state index in [1.807, 2.05) is 19.1 Å². The van der Waals surface area contributed by atoms with Crippen LogP contribution in [0.4, 0.5) is 5.13 Å². The molecule has 0 radical (unpaired) electrons. The van der Waals surface area contributed by atoms with Crippen LogP contribution in [0.1, 0.15) is 19.5 Å². The summed E-state index contributed by atoms with van der Waals surface area (Å²) in [5.41, 5.74) is 2.25. The van der Waals surface area contributed by atoms with E-state index < -0.39 is 0 Å². The first-order valence-corrected chi connectivity index (χ1v) is 6.80. The van der Waals surface area contributed by atoms with Crippen LogP contribution in [0, 0.1) is 6.92 Å². The molecule has 3 nitrogen and oxygen atoms in total. The monoisotopic (exact) mass is 262 g/mol. The molecule has 0 atom stereocenters. The van der Waals surface area contributed by atoms with Crippen LogP contribution in [0.2, 0.25) is 0 Å². The highest BCUT2D eigenvalue weighted by molar-refractivity contribution is 7.19. The van der Waals surface area contributed by atoms with Gasteiger partial charge in [-0.25, -0.2) is 4.98 Å². The van der Waals surface area contributed by atoms with Crippen LogP contribution >= 0.6 is 11.3 Å². The quantitative estimate of drug-likeness (QED) is 0.906. The molecule has 1 heterocycles. The lowest BCUT2D eigenvalue weighted by atomic mass is 10.1. The highest BCUT2D eigenvalue weighted by atomic mass is 32.1. The molecule has 0 amide bonds. The first-order valence-electron chi connectivity index (χ1n) is 5.98. The molecule has 0 saturated heterocycles. The SMILES string of the molecule is COc1ccc(-c2sc(NC(C)C)nc2C)cc1. The van der Waals surface area contributed by atoms with Crippen molar-refractivity contribution in [3.05, 3.63) is 30.0 Å². The lowest BCUT2D eigenvalue weighted by Crippen LogP contribution is -2.08. The number of anilines is 1. The average Bonchev–Trinajstić information content (AvgIpc) is 2.69. The highest BCUT2D eigenvalue weighted by Crippen LogP contribution is 2.33. The first-order chi connectivity index (χ1) is 8.60. The van der Waals surface area contributed by atoms with E-state index >= 15 is 0 Å². The lowest BCUT2D eigenvalue weighted by Gasteiger charge is -2.04. The van der Waals surface area contributed by atoms with Crippen LogP contribution < -0.4 is 10.1 Å². The zero-order chi connectivity index (χ0) is 13.1. The molecule has 0 aliphatic carbocycles. The van der Waals surface area contributed by atoms with Crippen molar-refractivity contribution in [1.82, 2.24) is 4.98 Å². The van der Waals surface area contributed by atoms with Crippen molar-refractivity contribution in [3.63, 3.8) is 0 Å². The van der Waals surface area contributed by atoms with Gasteiger partial charge in [-0.2, -0.15) is 0 Å². The van der Waals surface area contributed by atoms with Crippen molar-refractivity contribution >= 4 is 16.5 Å². The Bertz CT molecular complexity index is 517. The minimum absolute atomic E-state index is 0.402. The maximum absolute atomic E-state index is 5.17. The number of nitrogens with zero attached hydrogens (tertiary/aromatic N) is 1. The van der Waals surface area contributed by atoms with Gasteiger partial charge in [0.05, 0.1) is 17.7 Å². The maximum atomic E-state index is 5.17. The van der Waals surface area contributed by atoms with Crippen molar-refractivity contribution < 1.29 is 4.74 Å². The van der Waals surface area contributed by atoms with Gasteiger partial charge < -0.3 is 10.1 Å². The second kappa shape index (κ2) is 5.40. The van der Waals surface area contributed by atoms with E-state index in [-0.39, 0.29) is 0 Å². The van der Waals surface area contributed by atoms with E-state index in [0.29, 0.717) is 6.04 Å². The summed E-state index contributed by atoms with van der Waals surface area (Å²) in [7, 11) is 1.68. The van der Waals surface area contributed by atoms with Gasteiger partial charge in [0.2, 0.25) is 0 Å². The molecule has 0 saturated carbocycles.